The number of carbonyl (C=O) groups excluding carboxylic acids is 1. The molecule has 1 atom stereocenters. The molecular weight excluding hydrogens is 504 g/mol. The van der Waals surface area contributed by atoms with Crippen molar-refractivity contribution >= 4 is 28.1 Å². The quantitative estimate of drug-likeness (QED) is 0.182. The molecule has 0 fully saturated rings. The number of aromatic nitrogens is 1. The number of ether oxygens (including phenoxy) is 2. The number of methoxy groups -OCH3 is 2. The topological polar surface area (TPSA) is 43.7 Å². The number of fused-ring (bicyclic) bond motifs is 1. The molecule has 0 saturated carbocycles. The third kappa shape index (κ3) is 6.02. The summed E-state index contributed by atoms with van der Waals surface area (Å²) in [5, 5.41) is 5.46. The van der Waals surface area contributed by atoms with Gasteiger partial charge in [0.2, 0.25) is 5.91 Å². The number of amides is 1. The van der Waals surface area contributed by atoms with Crippen molar-refractivity contribution in [1.29, 1.82) is 0 Å². The molecule has 1 amide bonds. The Morgan fingerprint density at radius 1 is 0.923 bits per heavy atom. The normalized spacial score (nSPS) is 11.9. The van der Waals surface area contributed by atoms with E-state index in [0.717, 1.165) is 18.5 Å². The van der Waals surface area contributed by atoms with Gasteiger partial charge in [0.25, 0.3) is 0 Å². The second-order valence-electron chi connectivity index (χ2n) is 9.78. The van der Waals surface area contributed by atoms with Gasteiger partial charge in [-0.15, -0.1) is 0 Å². The van der Waals surface area contributed by atoms with E-state index < -0.39 is 0 Å². The predicted molar refractivity (Wildman–Crippen MR) is 159 cm³/mol. The molecule has 2 aromatic heterocycles. The molecule has 5 aromatic rings. The van der Waals surface area contributed by atoms with Crippen molar-refractivity contribution in [2.45, 2.75) is 25.3 Å². The highest BCUT2D eigenvalue weighted by Crippen LogP contribution is 2.36. The van der Waals surface area contributed by atoms with Crippen LogP contribution in [0.15, 0.2) is 95.8 Å². The minimum Gasteiger partial charge on any atom is -0.493 e. The Morgan fingerprint density at radius 2 is 1.69 bits per heavy atom. The Hall–Kier alpha value is -4.03. The van der Waals surface area contributed by atoms with E-state index in [9.17, 15) is 4.79 Å². The van der Waals surface area contributed by atoms with E-state index in [-0.39, 0.29) is 11.8 Å². The molecule has 0 aliphatic rings. The number of nitrogens with zero attached hydrogens (tertiary/aromatic N) is 2. The summed E-state index contributed by atoms with van der Waals surface area (Å²) in [6, 6.07) is 27.1. The fraction of sp³-hybridized carbons (Fsp3) is 0.242. The van der Waals surface area contributed by atoms with Crippen LogP contribution >= 0.6 is 11.3 Å². The molecule has 0 N–H and O–H groups in total. The van der Waals surface area contributed by atoms with Gasteiger partial charge < -0.3 is 18.9 Å². The van der Waals surface area contributed by atoms with Crippen LogP contribution in [0.25, 0.3) is 10.9 Å². The summed E-state index contributed by atoms with van der Waals surface area (Å²) in [7, 11) is 5.16. The number of hydrogen-bond acceptors (Lipinski definition) is 4. The van der Waals surface area contributed by atoms with Crippen molar-refractivity contribution in [2.75, 3.05) is 27.8 Å². The van der Waals surface area contributed by atoms with Gasteiger partial charge in [0.05, 0.1) is 14.2 Å². The Labute approximate surface area is 234 Å². The van der Waals surface area contributed by atoms with Gasteiger partial charge >= 0.3 is 0 Å². The molecule has 1 unspecified atom stereocenters. The molecule has 3 aromatic carbocycles. The van der Waals surface area contributed by atoms with Gasteiger partial charge in [0.1, 0.15) is 0 Å². The molecule has 6 heteroatoms. The summed E-state index contributed by atoms with van der Waals surface area (Å²) >= 11 is 1.67. The number of carbonyl (C=O) groups is 1. The molecule has 2 heterocycles. The molecular formula is C33H34N2O3S. The molecule has 0 spiro atoms. The van der Waals surface area contributed by atoms with E-state index in [2.05, 4.69) is 76.1 Å². The van der Waals surface area contributed by atoms with Crippen LogP contribution in [0.1, 0.15) is 34.6 Å². The maximum absolute atomic E-state index is 13.6. The minimum absolute atomic E-state index is 0.0193. The van der Waals surface area contributed by atoms with E-state index in [1.54, 1.807) is 25.6 Å². The van der Waals surface area contributed by atoms with Crippen molar-refractivity contribution in [3.8, 4) is 11.5 Å². The number of para-hydroxylation sites is 1. The highest BCUT2D eigenvalue weighted by molar-refractivity contribution is 7.08. The van der Waals surface area contributed by atoms with Crippen molar-refractivity contribution in [3.63, 3.8) is 0 Å². The third-order valence-corrected chi connectivity index (χ3v) is 8.03. The molecule has 0 saturated heterocycles. The fourth-order valence-corrected chi connectivity index (χ4v) is 5.85. The van der Waals surface area contributed by atoms with Crippen molar-refractivity contribution in [1.82, 2.24) is 9.47 Å². The first-order valence-corrected chi connectivity index (χ1v) is 14.1. The number of benzene rings is 3. The average molecular weight is 539 g/mol. The minimum atomic E-state index is -0.0193. The molecule has 0 aliphatic heterocycles. The monoisotopic (exact) mass is 538 g/mol. The van der Waals surface area contributed by atoms with Gasteiger partial charge in [-0.25, -0.2) is 0 Å². The Bertz CT molecular complexity index is 1530. The molecule has 0 bridgehead atoms. The smallest absolute Gasteiger partial charge is 0.223 e. The number of likely N-dealkylation sites (N-methyl/N-ethyl adjacent to an activating group) is 1. The Balaban J connectivity index is 1.37. The first kappa shape index (κ1) is 26.6. The zero-order chi connectivity index (χ0) is 27.2. The predicted octanol–water partition coefficient (Wildman–Crippen LogP) is 6.99. The number of thiophene rings is 1. The van der Waals surface area contributed by atoms with E-state index in [4.69, 9.17) is 9.47 Å². The van der Waals surface area contributed by atoms with Crippen LogP contribution in [-0.2, 0) is 17.8 Å². The van der Waals surface area contributed by atoms with Crippen LogP contribution in [0.5, 0.6) is 11.5 Å². The van der Waals surface area contributed by atoms with E-state index in [1.807, 2.05) is 36.2 Å². The molecule has 5 nitrogen and oxygen atoms in total. The zero-order valence-corrected chi connectivity index (χ0v) is 23.5. The van der Waals surface area contributed by atoms with Gasteiger partial charge in [-0.05, 0) is 63.7 Å². The Morgan fingerprint density at radius 3 is 2.44 bits per heavy atom. The van der Waals surface area contributed by atoms with Gasteiger partial charge in [-0.1, -0.05) is 54.6 Å². The van der Waals surface area contributed by atoms with Crippen LogP contribution in [0, 0.1) is 0 Å². The van der Waals surface area contributed by atoms with E-state index in [0.29, 0.717) is 24.5 Å². The maximum atomic E-state index is 13.6. The SMILES string of the molecule is COc1ccc(CCN(C)C(=O)CC(c2ccsc2)c2cn(Cc3ccccc3)c3ccccc23)cc1OC. The van der Waals surface area contributed by atoms with E-state index in [1.165, 1.54) is 27.6 Å². The maximum Gasteiger partial charge on any atom is 0.223 e. The van der Waals surface area contributed by atoms with Crippen LogP contribution in [-0.4, -0.2) is 43.2 Å². The summed E-state index contributed by atoms with van der Waals surface area (Å²) in [5.74, 6) is 1.52. The summed E-state index contributed by atoms with van der Waals surface area (Å²) in [6.45, 7) is 1.41. The van der Waals surface area contributed by atoms with Gasteiger partial charge in [0.15, 0.2) is 11.5 Å². The third-order valence-electron chi connectivity index (χ3n) is 7.32. The summed E-state index contributed by atoms with van der Waals surface area (Å²) in [4.78, 5) is 15.4. The lowest BCUT2D eigenvalue weighted by atomic mass is 9.89. The average Bonchev–Trinajstić information content (AvgIpc) is 3.64. The van der Waals surface area contributed by atoms with Gasteiger partial charge in [-0.3, -0.25) is 4.79 Å². The van der Waals surface area contributed by atoms with Crippen LogP contribution in [0.2, 0.25) is 0 Å². The van der Waals surface area contributed by atoms with Gasteiger partial charge in [-0.2, -0.15) is 11.3 Å². The van der Waals surface area contributed by atoms with Crippen molar-refractivity contribution in [2.24, 2.45) is 0 Å². The largest absolute Gasteiger partial charge is 0.493 e. The fourth-order valence-electron chi connectivity index (χ4n) is 5.13. The number of rotatable bonds is 11. The number of hydrogen-bond donors (Lipinski definition) is 0. The van der Waals surface area contributed by atoms with Crippen LogP contribution < -0.4 is 9.47 Å². The standard InChI is InChI=1S/C33H34N2O3S/c1-34(17-15-24-13-14-31(37-2)32(19-24)38-3)33(36)20-28(26-16-18-39-23-26)29-22-35(21-25-9-5-4-6-10-25)30-12-8-7-11-27(29)30/h4-14,16,18-19,22-23,28H,15,17,20-21H2,1-3H3. The van der Waals surface area contributed by atoms with Gasteiger partial charge in [0, 0.05) is 49.6 Å². The first-order chi connectivity index (χ1) is 19.1. The summed E-state index contributed by atoms with van der Waals surface area (Å²) < 4.78 is 13.1. The van der Waals surface area contributed by atoms with Crippen molar-refractivity contribution in [3.05, 3.63) is 118 Å². The Kier molecular flexibility index (Phi) is 8.33. The highest BCUT2D eigenvalue weighted by Gasteiger charge is 2.24. The molecule has 39 heavy (non-hydrogen) atoms. The summed E-state index contributed by atoms with van der Waals surface area (Å²) in [6.07, 6.45) is 3.40. The highest BCUT2D eigenvalue weighted by atomic mass is 32.1. The first-order valence-electron chi connectivity index (χ1n) is 13.2. The zero-order valence-electron chi connectivity index (χ0n) is 22.7. The van der Waals surface area contributed by atoms with Crippen LogP contribution in [0.4, 0.5) is 0 Å². The second kappa shape index (κ2) is 12.2. The van der Waals surface area contributed by atoms with Crippen LogP contribution in [0.3, 0.4) is 0 Å². The molecule has 0 aliphatic carbocycles. The lowest BCUT2D eigenvalue weighted by Crippen LogP contribution is -2.30. The van der Waals surface area contributed by atoms with E-state index >= 15 is 0 Å². The lowest BCUT2D eigenvalue weighted by Gasteiger charge is -2.22. The molecule has 200 valence electrons. The lowest BCUT2D eigenvalue weighted by molar-refractivity contribution is -0.130. The summed E-state index contributed by atoms with van der Waals surface area (Å²) in [5.41, 5.74) is 5.92. The molecule has 0 radical (unpaired) electrons. The van der Waals surface area contributed by atoms with Crippen molar-refractivity contribution < 1.29 is 14.3 Å². The molecule has 5 rings (SSSR count). The second-order valence-corrected chi connectivity index (χ2v) is 10.6.